The highest BCUT2D eigenvalue weighted by atomic mass is 19.1. The van der Waals surface area contributed by atoms with Gasteiger partial charge >= 0.3 is 0 Å². The molecular formula is C36H33FN6O4. The zero-order valence-electron chi connectivity index (χ0n) is 25.9. The summed E-state index contributed by atoms with van der Waals surface area (Å²) in [7, 11) is 3.52. The smallest absolute Gasteiger partial charge is 0.267 e. The largest absolute Gasteiger partial charge is 0.504 e. The number of rotatable bonds is 9. The van der Waals surface area contributed by atoms with E-state index in [0.29, 0.717) is 47.2 Å². The second kappa shape index (κ2) is 14.6. The van der Waals surface area contributed by atoms with E-state index in [1.807, 2.05) is 30.3 Å². The van der Waals surface area contributed by atoms with Crippen LogP contribution in [-0.2, 0) is 11.3 Å². The number of aromatic hydroxyl groups is 1. The number of aromatic nitrogens is 1. The summed E-state index contributed by atoms with van der Waals surface area (Å²) < 4.78 is 20.2. The number of amides is 1. The van der Waals surface area contributed by atoms with Crippen molar-refractivity contribution in [2.75, 3.05) is 32.1 Å². The quantitative estimate of drug-likeness (QED) is 0.121. The third kappa shape index (κ3) is 7.23. The number of nitrogens with zero attached hydrogens (tertiary/aromatic N) is 5. The predicted octanol–water partition coefficient (Wildman–Crippen LogP) is 5.63. The number of nitrogens with one attached hydrogen (secondary N) is 1. The molecular weight excluding hydrogens is 599 g/mol. The van der Waals surface area contributed by atoms with Gasteiger partial charge in [-0.1, -0.05) is 36.4 Å². The number of carbonyl (C=O) groups excluding carboxylic acids is 1. The fraction of sp³-hybridized carbons (Fsp3) is 0.222. The molecule has 1 aromatic heterocycles. The van der Waals surface area contributed by atoms with Gasteiger partial charge < -0.3 is 14.7 Å². The standard InChI is InChI=1S/C36H33FN6O4/c1-42(22-24-5-3-23(4-6-24)7-12-34(45)41-46)28-13-15-43(16-14-28)36-29(20-39)35(26-8-9-27(19-38)31(37)17-26)30(21-40-36)25-10-11-32(44)33(18-25)47-2/h3-12,17-18,21,28,44,46H,13-16,22H2,1-2H3,(H,41,45)/b12-7+. The van der Waals surface area contributed by atoms with Crippen LogP contribution in [0.25, 0.3) is 28.3 Å². The molecule has 1 saturated heterocycles. The lowest BCUT2D eigenvalue weighted by molar-refractivity contribution is -0.124. The number of methoxy groups -OCH3 is 1. The van der Waals surface area contributed by atoms with Crippen LogP contribution in [0, 0.1) is 28.5 Å². The normalized spacial score (nSPS) is 13.4. The van der Waals surface area contributed by atoms with Crippen LogP contribution >= 0.6 is 0 Å². The van der Waals surface area contributed by atoms with E-state index in [1.165, 1.54) is 31.4 Å². The van der Waals surface area contributed by atoms with Crippen molar-refractivity contribution in [3.8, 4) is 45.9 Å². The fourth-order valence-electron chi connectivity index (χ4n) is 5.85. The molecule has 1 fully saturated rings. The minimum Gasteiger partial charge on any atom is -0.504 e. The maximum absolute atomic E-state index is 14.9. The highest BCUT2D eigenvalue weighted by Gasteiger charge is 2.28. The lowest BCUT2D eigenvalue weighted by atomic mass is 9.91. The fourth-order valence-corrected chi connectivity index (χ4v) is 5.85. The number of phenols is 1. The number of anilines is 1. The molecule has 3 N–H and O–H groups in total. The van der Waals surface area contributed by atoms with Crippen LogP contribution < -0.4 is 15.1 Å². The Hall–Kier alpha value is -5.75. The zero-order valence-corrected chi connectivity index (χ0v) is 25.9. The van der Waals surface area contributed by atoms with Crippen LogP contribution in [0.2, 0.25) is 0 Å². The minimum atomic E-state index is -0.689. The van der Waals surface area contributed by atoms with Crippen LogP contribution in [0.4, 0.5) is 10.2 Å². The molecule has 4 aromatic rings. The highest BCUT2D eigenvalue weighted by molar-refractivity contribution is 5.91. The van der Waals surface area contributed by atoms with Crippen LogP contribution in [0.3, 0.4) is 0 Å². The van der Waals surface area contributed by atoms with Gasteiger partial charge in [0.05, 0.1) is 12.7 Å². The molecule has 1 aliphatic rings. The SMILES string of the molecule is COc1cc(-c2cnc(N3CCC(N(C)Cc4ccc(/C=C/C(=O)NO)cc4)CC3)c(C#N)c2-c2ccc(C#N)c(F)c2)ccc1O. The van der Waals surface area contributed by atoms with E-state index >= 15 is 0 Å². The summed E-state index contributed by atoms with van der Waals surface area (Å²) in [5.41, 5.74) is 5.80. The molecule has 11 heteroatoms. The van der Waals surface area contributed by atoms with Gasteiger partial charge in [0.15, 0.2) is 11.5 Å². The number of pyridine rings is 1. The second-order valence-corrected chi connectivity index (χ2v) is 11.2. The van der Waals surface area contributed by atoms with Crippen LogP contribution in [0.15, 0.2) is 72.9 Å². The first-order valence-corrected chi connectivity index (χ1v) is 14.9. The topological polar surface area (TPSA) is 146 Å². The molecule has 238 valence electrons. The molecule has 0 saturated carbocycles. The van der Waals surface area contributed by atoms with Crippen molar-refractivity contribution in [1.29, 1.82) is 10.5 Å². The Morgan fingerprint density at radius 1 is 1.11 bits per heavy atom. The Kier molecular flexibility index (Phi) is 10.1. The van der Waals surface area contributed by atoms with Gasteiger partial charge in [-0.05, 0) is 72.5 Å². The van der Waals surface area contributed by atoms with Crippen molar-refractivity contribution < 1.29 is 24.2 Å². The number of phenolic OH excluding ortho intramolecular Hbond substituents is 1. The number of halogens is 1. The summed E-state index contributed by atoms with van der Waals surface area (Å²) in [5.74, 6) is -0.579. The minimum absolute atomic E-state index is 0.0426. The van der Waals surface area contributed by atoms with Gasteiger partial charge in [0.2, 0.25) is 0 Å². The van der Waals surface area contributed by atoms with E-state index < -0.39 is 11.7 Å². The monoisotopic (exact) mass is 632 g/mol. The van der Waals surface area contributed by atoms with Crippen molar-refractivity contribution in [3.63, 3.8) is 0 Å². The number of hydrogen-bond acceptors (Lipinski definition) is 9. The number of carbonyl (C=O) groups is 1. The first-order chi connectivity index (χ1) is 22.8. The summed E-state index contributed by atoms with van der Waals surface area (Å²) in [6, 6.07) is 21.4. The lowest BCUT2D eigenvalue weighted by Gasteiger charge is -2.38. The van der Waals surface area contributed by atoms with E-state index in [0.717, 1.165) is 30.5 Å². The van der Waals surface area contributed by atoms with Crippen molar-refractivity contribution in [1.82, 2.24) is 15.4 Å². The van der Waals surface area contributed by atoms with E-state index in [2.05, 4.69) is 22.9 Å². The van der Waals surface area contributed by atoms with E-state index in [1.54, 1.807) is 36.0 Å². The number of benzene rings is 3. The molecule has 1 amide bonds. The Morgan fingerprint density at radius 3 is 2.47 bits per heavy atom. The van der Waals surface area contributed by atoms with Crippen LogP contribution in [0.5, 0.6) is 11.5 Å². The summed E-state index contributed by atoms with van der Waals surface area (Å²) in [6.45, 7) is 2.04. The van der Waals surface area contributed by atoms with E-state index in [4.69, 9.17) is 14.9 Å². The maximum Gasteiger partial charge on any atom is 0.267 e. The Bertz CT molecular complexity index is 1890. The molecule has 10 nitrogen and oxygen atoms in total. The lowest BCUT2D eigenvalue weighted by Crippen LogP contribution is -2.43. The first kappa shape index (κ1) is 32.6. The molecule has 3 aromatic carbocycles. The third-order valence-corrected chi connectivity index (χ3v) is 8.38. The molecule has 0 spiro atoms. The molecule has 0 unspecified atom stereocenters. The molecule has 0 radical (unpaired) electrons. The van der Waals surface area contributed by atoms with Crippen LogP contribution in [-0.4, -0.2) is 59.4 Å². The zero-order chi connectivity index (χ0) is 33.5. The summed E-state index contributed by atoms with van der Waals surface area (Å²) in [5, 5.41) is 38.6. The molecule has 0 bridgehead atoms. The molecule has 0 atom stereocenters. The third-order valence-electron chi connectivity index (χ3n) is 8.38. The number of piperidine rings is 1. The number of ether oxygens (including phenoxy) is 1. The molecule has 47 heavy (non-hydrogen) atoms. The first-order valence-electron chi connectivity index (χ1n) is 14.9. The molecule has 2 heterocycles. The predicted molar refractivity (Wildman–Crippen MR) is 175 cm³/mol. The maximum atomic E-state index is 14.9. The van der Waals surface area contributed by atoms with Gasteiger partial charge in [-0.3, -0.25) is 14.9 Å². The molecule has 0 aliphatic carbocycles. The number of nitriles is 2. The summed E-state index contributed by atoms with van der Waals surface area (Å²) >= 11 is 0. The van der Waals surface area contributed by atoms with Gasteiger partial charge in [0.25, 0.3) is 5.91 Å². The van der Waals surface area contributed by atoms with Crippen molar-refractivity contribution in [2.45, 2.75) is 25.4 Å². The van der Waals surface area contributed by atoms with Gasteiger partial charge in [0, 0.05) is 49.1 Å². The van der Waals surface area contributed by atoms with Crippen molar-refractivity contribution in [2.24, 2.45) is 0 Å². The van der Waals surface area contributed by atoms with E-state index in [-0.39, 0.29) is 22.6 Å². The van der Waals surface area contributed by atoms with Gasteiger partial charge in [0.1, 0.15) is 29.3 Å². The molecule has 1 aliphatic heterocycles. The Balaban J connectivity index is 1.39. The van der Waals surface area contributed by atoms with Crippen molar-refractivity contribution in [3.05, 3.63) is 101 Å². The highest BCUT2D eigenvalue weighted by Crippen LogP contribution is 2.41. The summed E-state index contributed by atoms with van der Waals surface area (Å²) in [6.07, 6.45) is 6.19. The Morgan fingerprint density at radius 2 is 1.83 bits per heavy atom. The average molecular weight is 633 g/mol. The van der Waals surface area contributed by atoms with Gasteiger partial charge in [-0.25, -0.2) is 14.9 Å². The number of hydrogen-bond donors (Lipinski definition) is 3. The van der Waals surface area contributed by atoms with Crippen LogP contribution in [0.1, 0.15) is 35.1 Å². The van der Waals surface area contributed by atoms with E-state index in [9.17, 15) is 24.8 Å². The molecule has 5 rings (SSSR count). The van der Waals surface area contributed by atoms with Crippen molar-refractivity contribution >= 4 is 17.8 Å². The second-order valence-electron chi connectivity index (χ2n) is 11.2. The number of hydroxylamine groups is 1. The average Bonchev–Trinajstić information content (AvgIpc) is 3.10. The Labute approximate surface area is 272 Å². The van der Waals surface area contributed by atoms with Gasteiger partial charge in [-0.2, -0.15) is 10.5 Å². The van der Waals surface area contributed by atoms with Gasteiger partial charge in [-0.15, -0.1) is 0 Å². The summed E-state index contributed by atoms with van der Waals surface area (Å²) in [4.78, 5) is 20.4.